The van der Waals surface area contributed by atoms with Crippen molar-refractivity contribution in [1.82, 2.24) is 5.06 Å². The van der Waals surface area contributed by atoms with E-state index in [9.17, 15) is 14.4 Å². The van der Waals surface area contributed by atoms with Gasteiger partial charge in [0.05, 0.1) is 6.54 Å². The number of carbonyl (C=O) groups excluding carboxylic acids is 3. The summed E-state index contributed by atoms with van der Waals surface area (Å²) in [6.45, 7) is 0.111. The van der Waals surface area contributed by atoms with Gasteiger partial charge in [-0.2, -0.15) is 5.06 Å². The monoisotopic (exact) mass is 267 g/mol. The van der Waals surface area contributed by atoms with Crippen molar-refractivity contribution in [2.24, 2.45) is 0 Å². The van der Waals surface area contributed by atoms with Crippen molar-refractivity contribution in [2.75, 3.05) is 6.54 Å². The van der Waals surface area contributed by atoms with Gasteiger partial charge in [0, 0.05) is 6.42 Å². The molecule has 6 nitrogen and oxygen atoms in total. The van der Waals surface area contributed by atoms with Crippen LogP contribution in [0.2, 0.25) is 0 Å². The summed E-state index contributed by atoms with van der Waals surface area (Å²) in [6.07, 6.45) is 7.52. The number of carbonyl (C=O) groups is 3. The minimum Gasteiger partial charge on any atom is -0.429 e. The predicted molar refractivity (Wildman–Crippen MR) is 64.9 cm³/mol. The van der Waals surface area contributed by atoms with E-state index in [1.807, 2.05) is 0 Å². The van der Waals surface area contributed by atoms with Gasteiger partial charge in [0.2, 0.25) is 5.78 Å². The Kier molecular flexibility index (Phi) is 4.54. The summed E-state index contributed by atoms with van der Waals surface area (Å²) in [4.78, 5) is 38.6. The molecule has 1 atom stereocenters. The van der Waals surface area contributed by atoms with Gasteiger partial charge in [-0.15, -0.1) is 0 Å². The largest absolute Gasteiger partial charge is 0.533 e. The quantitative estimate of drug-likeness (QED) is 0.433. The van der Waals surface area contributed by atoms with Crippen molar-refractivity contribution in [3.05, 3.63) is 12.2 Å². The molecule has 1 aliphatic heterocycles. The molecule has 0 saturated carbocycles. The van der Waals surface area contributed by atoms with Crippen LogP contribution in [0.25, 0.3) is 0 Å². The van der Waals surface area contributed by atoms with Crippen molar-refractivity contribution in [2.45, 2.75) is 44.6 Å². The highest BCUT2D eigenvalue weighted by Gasteiger charge is 2.33. The van der Waals surface area contributed by atoms with E-state index in [0.29, 0.717) is 0 Å². The van der Waals surface area contributed by atoms with Gasteiger partial charge in [0.15, 0.2) is 0 Å². The molecule has 0 aromatic carbocycles. The van der Waals surface area contributed by atoms with E-state index in [2.05, 4.69) is 12.2 Å². The van der Waals surface area contributed by atoms with E-state index in [1.54, 1.807) is 0 Å². The zero-order valence-electron chi connectivity index (χ0n) is 10.7. The first-order valence-electron chi connectivity index (χ1n) is 6.55. The van der Waals surface area contributed by atoms with Crippen molar-refractivity contribution < 1.29 is 24.0 Å². The van der Waals surface area contributed by atoms with Crippen LogP contribution in [-0.4, -0.2) is 35.6 Å². The van der Waals surface area contributed by atoms with E-state index < -0.39 is 17.8 Å². The fourth-order valence-electron chi connectivity index (χ4n) is 2.13. The lowest BCUT2D eigenvalue weighted by Crippen LogP contribution is -2.32. The zero-order chi connectivity index (χ0) is 13.7. The second-order valence-corrected chi connectivity index (χ2v) is 4.64. The molecular weight excluding hydrogens is 250 g/mol. The number of rotatable bonds is 2. The standard InChI is InChI=1S/C13H17NO5/c15-11-8-9-14(12(11)16)19-13(17)18-10-6-4-2-1-3-5-7-10/h1-2,10H,3-9H2/b2-1+/t10-/m0/s1. The molecule has 1 aliphatic carbocycles. The Morgan fingerprint density at radius 2 is 2.00 bits per heavy atom. The molecule has 1 fully saturated rings. The molecule has 1 heterocycles. The highest BCUT2D eigenvalue weighted by molar-refractivity contribution is 6.37. The first-order chi connectivity index (χ1) is 9.16. The van der Waals surface area contributed by atoms with Crippen molar-refractivity contribution in [3.63, 3.8) is 0 Å². The molecule has 2 aliphatic rings. The summed E-state index contributed by atoms with van der Waals surface area (Å²) in [5.41, 5.74) is 0. The topological polar surface area (TPSA) is 72.9 Å². The maximum Gasteiger partial charge on any atom is 0.533 e. The second kappa shape index (κ2) is 6.36. The second-order valence-electron chi connectivity index (χ2n) is 4.64. The summed E-state index contributed by atoms with van der Waals surface area (Å²) in [6, 6.07) is 0. The smallest absolute Gasteiger partial charge is 0.429 e. The summed E-state index contributed by atoms with van der Waals surface area (Å²) in [5.74, 6) is -1.32. The van der Waals surface area contributed by atoms with Crippen LogP contribution in [0.15, 0.2) is 12.2 Å². The Hall–Kier alpha value is -1.85. The molecule has 2 rings (SSSR count). The van der Waals surface area contributed by atoms with Crippen LogP contribution in [0.4, 0.5) is 4.79 Å². The van der Waals surface area contributed by atoms with Gasteiger partial charge in [0.1, 0.15) is 6.10 Å². The van der Waals surface area contributed by atoms with Crippen molar-refractivity contribution in [3.8, 4) is 0 Å². The molecular formula is C13H17NO5. The zero-order valence-corrected chi connectivity index (χ0v) is 10.7. The van der Waals surface area contributed by atoms with Crippen LogP contribution in [0, 0.1) is 0 Å². The Morgan fingerprint density at radius 1 is 1.21 bits per heavy atom. The summed E-state index contributed by atoms with van der Waals surface area (Å²) < 4.78 is 5.17. The minimum atomic E-state index is -0.905. The van der Waals surface area contributed by atoms with Gasteiger partial charge >= 0.3 is 12.1 Å². The number of Topliss-reactive ketones (excluding diaryl/α,β-unsaturated/α-hetero) is 1. The van der Waals surface area contributed by atoms with Gasteiger partial charge in [-0.05, 0) is 32.1 Å². The molecule has 19 heavy (non-hydrogen) atoms. The maximum absolute atomic E-state index is 11.6. The number of ether oxygens (including phenoxy) is 1. The lowest BCUT2D eigenvalue weighted by Gasteiger charge is -2.19. The van der Waals surface area contributed by atoms with Gasteiger partial charge in [-0.3, -0.25) is 9.59 Å². The molecule has 1 amide bonds. The van der Waals surface area contributed by atoms with E-state index in [4.69, 9.17) is 9.57 Å². The van der Waals surface area contributed by atoms with Gasteiger partial charge in [-0.1, -0.05) is 12.2 Å². The minimum absolute atomic E-state index is 0.0837. The van der Waals surface area contributed by atoms with Crippen LogP contribution in [0.1, 0.15) is 38.5 Å². The Morgan fingerprint density at radius 3 is 2.74 bits per heavy atom. The number of hydrogen-bond acceptors (Lipinski definition) is 5. The molecule has 0 spiro atoms. The molecule has 0 unspecified atom stereocenters. The number of amides is 1. The number of allylic oxidation sites excluding steroid dienone is 2. The van der Waals surface area contributed by atoms with Crippen molar-refractivity contribution in [1.29, 1.82) is 0 Å². The SMILES string of the molecule is O=C(O[C@H]1CC/C=C/CCC1)ON1CCC(=O)C1=O. The molecule has 0 aromatic heterocycles. The first kappa shape index (κ1) is 13.6. The number of hydroxylamine groups is 2. The molecule has 0 radical (unpaired) electrons. The average Bonchev–Trinajstić information content (AvgIpc) is 2.64. The van der Waals surface area contributed by atoms with E-state index in [1.165, 1.54) is 0 Å². The first-order valence-corrected chi connectivity index (χ1v) is 6.55. The Labute approximate surface area is 111 Å². The maximum atomic E-state index is 11.6. The van der Waals surface area contributed by atoms with Crippen LogP contribution in [0.3, 0.4) is 0 Å². The summed E-state index contributed by atoms with van der Waals surface area (Å²) >= 11 is 0. The lowest BCUT2D eigenvalue weighted by atomic mass is 10.0. The Balaban J connectivity index is 1.79. The third kappa shape index (κ3) is 3.81. The molecule has 104 valence electrons. The van der Waals surface area contributed by atoms with Crippen LogP contribution < -0.4 is 0 Å². The van der Waals surface area contributed by atoms with Gasteiger partial charge < -0.3 is 9.57 Å². The third-order valence-electron chi connectivity index (χ3n) is 3.17. The fraction of sp³-hybridized carbons (Fsp3) is 0.615. The van der Waals surface area contributed by atoms with Gasteiger partial charge in [0.25, 0.3) is 0 Å². The number of hydrogen-bond donors (Lipinski definition) is 0. The van der Waals surface area contributed by atoms with Crippen LogP contribution in [-0.2, 0) is 19.2 Å². The normalized spacial score (nSPS) is 25.7. The average molecular weight is 267 g/mol. The van der Waals surface area contributed by atoms with Crippen molar-refractivity contribution >= 4 is 17.8 Å². The molecule has 0 N–H and O–H groups in total. The molecule has 6 heteroatoms. The molecule has 0 bridgehead atoms. The van der Waals surface area contributed by atoms with E-state index in [0.717, 1.165) is 37.2 Å². The summed E-state index contributed by atoms with van der Waals surface area (Å²) in [7, 11) is 0. The van der Waals surface area contributed by atoms with Crippen LogP contribution in [0.5, 0.6) is 0 Å². The van der Waals surface area contributed by atoms with E-state index >= 15 is 0 Å². The number of ketones is 1. The summed E-state index contributed by atoms with van der Waals surface area (Å²) in [5, 5.41) is 0.771. The highest BCUT2D eigenvalue weighted by Crippen LogP contribution is 2.17. The van der Waals surface area contributed by atoms with Crippen LogP contribution >= 0.6 is 0 Å². The Bertz CT molecular complexity index is 404. The predicted octanol–water partition coefficient (Wildman–Crippen LogP) is 1.74. The fourth-order valence-corrected chi connectivity index (χ4v) is 2.13. The highest BCUT2D eigenvalue weighted by atomic mass is 16.8. The third-order valence-corrected chi connectivity index (χ3v) is 3.17. The van der Waals surface area contributed by atoms with E-state index in [-0.39, 0.29) is 19.1 Å². The molecule has 1 saturated heterocycles. The lowest BCUT2D eigenvalue weighted by molar-refractivity contribution is -0.169. The van der Waals surface area contributed by atoms with Gasteiger partial charge in [-0.25, -0.2) is 4.79 Å². The molecule has 0 aromatic rings. The number of nitrogens with zero attached hydrogens (tertiary/aromatic N) is 1.